The van der Waals surface area contributed by atoms with E-state index in [2.05, 4.69) is 21.7 Å². The third kappa shape index (κ3) is 3.00. The van der Waals surface area contributed by atoms with Gasteiger partial charge in [-0.15, -0.1) is 11.3 Å². The minimum Gasteiger partial charge on any atom is -0.347 e. The molecule has 4 heterocycles. The maximum Gasteiger partial charge on any atom is 0.261 e. The van der Waals surface area contributed by atoms with Crippen molar-refractivity contribution < 1.29 is 4.79 Å². The Hall–Kier alpha value is -2.18. The second-order valence-electron chi connectivity index (χ2n) is 5.80. The standard InChI is InChI=1S/C17H18N4OS/c22-17(15-2-1-14(23-15)13-3-5-18-11-13)20-10-12-4-7-21-8-6-19-16(21)9-12/h1-2,4,6-9,13,18H,3,5,10-11H2,(H,20,22). The van der Waals surface area contributed by atoms with E-state index in [9.17, 15) is 4.79 Å². The second kappa shape index (κ2) is 6.14. The van der Waals surface area contributed by atoms with Crippen LogP contribution in [0.4, 0.5) is 0 Å². The van der Waals surface area contributed by atoms with Gasteiger partial charge >= 0.3 is 0 Å². The topological polar surface area (TPSA) is 58.4 Å². The van der Waals surface area contributed by atoms with Gasteiger partial charge in [0.1, 0.15) is 5.65 Å². The molecule has 1 aliphatic heterocycles. The third-order valence-corrected chi connectivity index (χ3v) is 5.48. The lowest BCUT2D eigenvalue weighted by Crippen LogP contribution is -2.21. The molecule has 1 saturated heterocycles. The molecular weight excluding hydrogens is 308 g/mol. The predicted octanol–water partition coefficient (Wildman–Crippen LogP) is 2.40. The molecule has 2 N–H and O–H groups in total. The molecular formula is C17H18N4OS. The van der Waals surface area contributed by atoms with Gasteiger partial charge in [-0.1, -0.05) is 0 Å². The number of fused-ring (bicyclic) bond motifs is 1. The maximum absolute atomic E-state index is 12.3. The molecule has 6 heteroatoms. The Morgan fingerprint density at radius 1 is 1.39 bits per heavy atom. The average molecular weight is 326 g/mol. The average Bonchev–Trinajstić information content (AvgIpc) is 3.32. The third-order valence-electron chi connectivity index (χ3n) is 4.23. The van der Waals surface area contributed by atoms with Gasteiger partial charge in [-0.25, -0.2) is 4.98 Å². The van der Waals surface area contributed by atoms with E-state index in [1.807, 2.05) is 35.0 Å². The Morgan fingerprint density at radius 3 is 3.22 bits per heavy atom. The van der Waals surface area contributed by atoms with Crippen LogP contribution in [0.2, 0.25) is 0 Å². The zero-order valence-electron chi connectivity index (χ0n) is 12.7. The summed E-state index contributed by atoms with van der Waals surface area (Å²) >= 11 is 1.61. The van der Waals surface area contributed by atoms with Gasteiger partial charge in [0, 0.05) is 42.5 Å². The highest BCUT2D eigenvalue weighted by molar-refractivity contribution is 7.14. The number of aromatic nitrogens is 2. The first kappa shape index (κ1) is 14.4. The van der Waals surface area contributed by atoms with Crippen LogP contribution in [0.3, 0.4) is 0 Å². The normalized spacial score (nSPS) is 17.7. The van der Waals surface area contributed by atoms with Crippen LogP contribution in [0.5, 0.6) is 0 Å². The molecule has 23 heavy (non-hydrogen) atoms. The lowest BCUT2D eigenvalue weighted by molar-refractivity contribution is 0.0955. The van der Waals surface area contributed by atoms with Crippen molar-refractivity contribution in [3.8, 4) is 0 Å². The Kier molecular flexibility index (Phi) is 3.85. The highest BCUT2D eigenvalue weighted by Gasteiger charge is 2.19. The zero-order valence-corrected chi connectivity index (χ0v) is 13.5. The van der Waals surface area contributed by atoms with Crippen molar-refractivity contribution in [3.63, 3.8) is 0 Å². The first-order valence-electron chi connectivity index (χ1n) is 7.80. The van der Waals surface area contributed by atoms with Crippen LogP contribution in [0.1, 0.15) is 32.5 Å². The monoisotopic (exact) mass is 326 g/mol. The van der Waals surface area contributed by atoms with Crippen LogP contribution >= 0.6 is 11.3 Å². The zero-order chi connectivity index (χ0) is 15.6. The Bertz CT molecular complexity index is 832. The number of hydrogen-bond donors (Lipinski definition) is 2. The molecule has 1 fully saturated rings. The summed E-state index contributed by atoms with van der Waals surface area (Å²) in [5.74, 6) is 0.555. The smallest absolute Gasteiger partial charge is 0.261 e. The fraction of sp³-hybridized carbons (Fsp3) is 0.294. The summed E-state index contributed by atoms with van der Waals surface area (Å²) in [6.07, 6.45) is 6.79. The molecule has 0 saturated carbocycles. The van der Waals surface area contributed by atoms with E-state index in [0.717, 1.165) is 35.6 Å². The van der Waals surface area contributed by atoms with Crippen molar-refractivity contribution in [1.29, 1.82) is 0 Å². The van der Waals surface area contributed by atoms with E-state index in [0.29, 0.717) is 12.5 Å². The van der Waals surface area contributed by atoms with Gasteiger partial charge in [0.05, 0.1) is 4.88 Å². The van der Waals surface area contributed by atoms with Crippen LogP contribution in [-0.4, -0.2) is 28.4 Å². The van der Waals surface area contributed by atoms with Crippen molar-refractivity contribution in [2.24, 2.45) is 0 Å². The summed E-state index contributed by atoms with van der Waals surface area (Å²) in [4.78, 5) is 18.7. The van der Waals surface area contributed by atoms with Crippen molar-refractivity contribution in [3.05, 3.63) is 58.2 Å². The number of imidazole rings is 1. The molecule has 3 aromatic heterocycles. The number of amides is 1. The van der Waals surface area contributed by atoms with Crippen LogP contribution in [-0.2, 0) is 6.54 Å². The molecule has 1 unspecified atom stereocenters. The summed E-state index contributed by atoms with van der Waals surface area (Å²) in [5, 5.41) is 6.36. The maximum atomic E-state index is 12.3. The van der Waals surface area contributed by atoms with Crippen molar-refractivity contribution >= 4 is 22.9 Å². The summed E-state index contributed by atoms with van der Waals surface area (Å²) in [7, 11) is 0. The Labute approximate surface area is 138 Å². The molecule has 1 amide bonds. The van der Waals surface area contributed by atoms with Crippen LogP contribution < -0.4 is 10.6 Å². The first-order chi connectivity index (χ1) is 11.3. The number of hydrogen-bond acceptors (Lipinski definition) is 4. The molecule has 3 aromatic rings. The molecule has 118 valence electrons. The Balaban J connectivity index is 1.41. The number of pyridine rings is 1. The fourth-order valence-electron chi connectivity index (χ4n) is 2.92. The molecule has 0 spiro atoms. The van der Waals surface area contributed by atoms with Gasteiger partial charge in [-0.05, 0) is 42.8 Å². The van der Waals surface area contributed by atoms with E-state index >= 15 is 0 Å². The highest BCUT2D eigenvalue weighted by atomic mass is 32.1. The number of carbonyl (C=O) groups excluding carboxylic acids is 1. The van der Waals surface area contributed by atoms with Gasteiger partial charge in [0.2, 0.25) is 0 Å². The number of nitrogens with zero attached hydrogens (tertiary/aromatic N) is 2. The van der Waals surface area contributed by atoms with E-state index in [1.54, 1.807) is 17.5 Å². The number of thiophene rings is 1. The molecule has 4 rings (SSSR count). The van der Waals surface area contributed by atoms with Crippen molar-refractivity contribution in [2.75, 3.05) is 13.1 Å². The van der Waals surface area contributed by atoms with Gasteiger partial charge in [0.25, 0.3) is 5.91 Å². The number of nitrogens with one attached hydrogen (secondary N) is 2. The predicted molar refractivity (Wildman–Crippen MR) is 90.9 cm³/mol. The van der Waals surface area contributed by atoms with Crippen LogP contribution in [0.15, 0.2) is 42.9 Å². The SMILES string of the molecule is O=C(NCc1ccn2ccnc2c1)c1ccc(C2CCNC2)s1. The van der Waals surface area contributed by atoms with E-state index in [4.69, 9.17) is 0 Å². The van der Waals surface area contributed by atoms with E-state index < -0.39 is 0 Å². The minimum absolute atomic E-state index is 0.00424. The second-order valence-corrected chi connectivity index (χ2v) is 6.92. The lowest BCUT2D eigenvalue weighted by atomic mass is 10.1. The quantitative estimate of drug-likeness (QED) is 0.774. The van der Waals surface area contributed by atoms with Gasteiger partial charge in [0.15, 0.2) is 0 Å². The molecule has 5 nitrogen and oxygen atoms in total. The minimum atomic E-state index is -0.00424. The molecule has 0 aromatic carbocycles. The molecule has 1 atom stereocenters. The number of rotatable bonds is 4. The summed E-state index contributed by atoms with van der Waals surface area (Å²) in [6, 6.07) is 8.02. The van der Waals surface area contributed by atoms with Crippen molar-refractivity contribution in [2.45, 2.75) is 18.9 Å². The summed E-state index contributed by atoms with van der Waals surface area (Å²) in [6.45, 7) is 2.60. The van der Waals surface area contributed by atoms with Gasteiger partial charge in [-0.3, -0.25) is 4.79 Å². The largest absolute Gasteiger partial charge is 0.347 e. The van der Waals surface area contributed by atoms with Crippen LogP contribution in [0, 0.1) is 0 Å². The Morgan fingerprint density at radius 2 is 2.35 bits per heavy atom. The molecule has 1 aliphatic rings. The summed E-state index contributed by atoms with van der Waals surface area (Å²) in [5.41, 5.74) is 1.94. The fourth-order valence-corrected chi connectivity index (χ4v) is 3.98. The van der Waals surface area contributed by atoms with Gasteiger partial charge in [-0.2, -0.15) is 0 Å². The highest BCUT2D eigenvalue weighted by Crippen LogP contribution is 2.29. The van der Waals surface area contributed by atoms with E-state index in [1.165, 1.54) is 4.88 Å². The number of carbonyl (C=O) groups is 1. The summed E-state index contributed by atoms with van der Waals surface area (Å²) < 4.78 is 1.95. The van der Waals surface area contributed by atoms with Crippen molar-refractivity contribution in [1.82, 2.24) is 20.0 Å². The van der Waals surface area contributed by atoms with Crippen LogP contribution in [0.25, 0.3) is 5.65 Å². The molecule has 0 bridgehead atoms. The lowest BCUT2D eigenvalue weighted by Gasteiger charge is -2.05. The first-order valence-corrected chi connectivity index (χ1v) is 8.61. The molecule has 0 radical (unpaired) electrons. The van der Waals surface area contributed by atoms with Gasteiger partial charge < -0.3 is 15.0 Å². The molecule has 0 aliphatic carbocycles. The van der Waals surface area contributed by atoms with E-state index in [-0.39, 0.29) is 5.91 Å².